The number of hydrogen-bond donors (Lipinski definition) is 2. The molecule has 0 heterocycles. The van der Waals surface area contributed by atoms with E-state index in [4.69, 9.17) is 0 Å². The molecule has 112 valence electrons. The van der Waals surface area contributed by atoms with Crippen LogP contribution in [0.15, 0.2) is 29.2 Å². The largest absolute Gasteiger partial charge is 0.313 e. The highest BCUT2D eigenvalue weighted by molar-refractivity contribution is 7.89. The van der Waals surface area contributed by atoms with E-state index in [0.717, 1.165) is 31.4 Å². The maximum atomic E-state index is 12.3. The van der Waals surface area contributed by atoms with E-state index < -0.39 is 10.0 Å². The van der Waals surface area contributed by atoms with Gasteiger partial charge >= 0.3 is 0 Å². The second-order valence-electron chi connectivity index (χ2n) is 5.72. The predicted molar refractivity (Wildman–Crippen MR) is 80.9 cm³/mol. The predicted octanol–water partition coefficient (Wildman–Crippen LogP) is 2.26. The highest BCUT2D eigenvalue weighted by Gasteiger charge is 2.29. The van der Waals surface area contributed by atoms with Gasteiger partial charge in [-0.1, -0.05) is 26.0 Å². The Morgan fingerprint density at radius 3 is 2.70 bits per heavy atom. The number of nitrogens with one attached hydrogen (secondary N) is 2. The molecule has 2 N–H and O–H groups in total. The van der Waals surface area contributed by atoms with Gasteiger partial charge in [0, 0.05) is 12.6 Å². The van der Waals surface area contributed by atoms with Gasteiger partial charge in [-0.05, 0) is 49.4 Å². The summed E-state index contributed by atoms with van der Waals surface area (Å²) in [4.78, 5) is 0.368. The first-order valence-corrected chi connectivity index (χ1v) is 8.81. The van der Waals surface area contributed by atoms with Gasteiger partial charge in [0.25, 0.3) is 0 Å². The highest BCUT2D eigenvalue weighted by Crippen LogP contribution is 2.27. The van der Waals surface area contributed by atoms with Crippen molar-refractivity contribution < 1.29 is 8.42 Å². The molecule has 1 aliphatic carbocycles. The molecule has 4 nitrogen and oxygen atoms in total. The topological polar surface area (TPSA) is 58.2 Å². The Labute approximate surface area is 122 Å². The molecule has 0 amide bonds. The monoisotopic (exact) mass is 296 g/mol. The van der Waals surface area contributed by atoms with E-state index in [1.165, 1.54) is 0 Å². The second-order valence-corrected chi connectivity index (χ2v) is 7.43. The molecule has 0 atom stereocenters. The maximum absolute atomic E-state index is 12.3. The van der Waals surface area contributed by atoms with Crippen LogP contribution in [0.5, 0.6) is 0 Å². The van der Waals surface area contributed by atoms with Gasteiger partial charge in [0.1, 0.15) is 0 Å². The minimum absolute atomic E-state index is 0.108. The lowest BCUT2D eigenvalue weighted by molar-refractivity contribution is 0.270. The van der Waals surface area contributed by atoms with Crippen molar-refractivity contribution >= 4 is 10.0 Å². The molecule has 0 aromatic heterocycles. The smallest absolute Gasteiger partial charge is 0.240 e. The molecule has 1 aromatic carbocycles. The van der Waals surface area contributed by atoms with Crippen LogP contribution in [0.4, 0.5) is 0 Å². The molecule has 0 bridgehead atoms. The van der Waals surface area contributed by atoms with Gasteiger partial charge in [-0.2, -0.15) is 0 Å². The van der Waals surface area contributed by atoms with E-state index in [2.05, 4.69) is 23.9 Å². The van der Waals surface area contributed by atoms with Crippen molar-refractivity contribution in [2.24, 2.45) is 5.92 Å². The van der Waals surface area contributed by atoms with Crippen LogP contribution in [0.3, 0.4) is 0 Å². The molecule has 0 saturated heterocycles. The molecule has 0 radical (unpaired) electrons. The number of rotatable bonds is 7. The van der Waals surface area contributed by atoms with E-state index in [9.17, 15) is 8.42 Å². The summed E-state index contributed by atoms with van der Waals surface area (Å²) in [7, 11) is -3.37. The summed E-state index contributed by atoms with van der Waals surface area (Å²) in [6.07, 6.45) is 2.95. The summed E-state index contributed by atoms with van der Waals surface area (Å²) >= 11 is 0. The van der Waals surface area contributed by atoms with Crippen molar-refractivity contribution in [3.63, 3.8) is 0 Å². The van der Waals surface area contributed by atoms with E-state index in [1.807, 2.05) is 6.07 Å². The Kier molecular flexibility index (Phi) is 5.18. The SMILES string of the molecule is CCCNCc1cccc(S(=O)(=O)NC2CC(C)C2)c1. The first-order valence-electron chi connectivity index (χ1n) is 7.33. The van der Waals surface area contributed by atoms with E-state index in [1.54, 1.807) is 18.2 Å². The number of hydrogen-bond acceptors (Lipinski definition) is 3. The lowest BCUT2D eigenvalue weighted by Crippen LogP contribution is -2.43. The Morgan fingerprint density at radius 1 is 1.30 bits per heavy atom. The van der Waals surface area contributed by atoms with Gasteiger partial charge in [-0.3, -0.25) is 0 Å². The molecule has 0 unspecified atom stereocenters. The van der Waals surface area contributed by atoms with Crippen LogP contribution in [0.1, 0.15) is 38.7 Å². The van der Waals surface area contributed by atoms with Crippen molar-refractivity contribution in [2.75, 3.05) is 6.54 Å². The molecule has 20 heavy (non-hydrogen) atoms. The zero-order valence-electron chi connectivity index (χ0n) is 12.2. The average Bonchev–Trinajstić information content (AvgIpc) is 2.37. The quantitative estimate of drug-likeness (QED) is 0.759. The second kappa shape index (κ2) is 6.70. The Balaban J connectivity index is 2.01. The van der Waals surface area contributed by atoms with Crippen molar-refractivity contribution in [3.8, 4) is 0 Å². The maximum Gasteiger partial charge on any atom is 0.240 e. The van der Waals surface area contributed by atoms with Crippen molar-refractivity contribution in [2.45, 2.75) is 50.6 Å². The molecule has 5 heteroatoms. The molecule has 1 fully saturated rings. The normalized spacial score (nSPS) is 22.5. The molecule has 0 aliphatic heterocycles. The van der Waals surface area contributed by atoms with Crippen LogP contribution in [0.2, 0.25) is 0 Å². The fraction of sp³-hybridized carbons (Fsp3) is 0.600. The first kappa shape index (κ1) is 15.5. The van der Waals surface area contributed by atoms with E-state index in [-0.39, 0.29) is 6.04 Å². The van der Waals surface area contributed by atoms with Crippen LogP contribution in [0, 0.1) is 5.92 Å². The van der Waals surface area contributed by atoms with Crippen LogP contribution >= 0.6 is 0 Å². The minimum Gasteiger partial charge on any atom is -0.313 e. The lowest BCUT2D eigenvalue weighted by atomic mass is 9.83. The summed E-state index contributed by atoms with van der Waals surface area (Å²) in [6.45, 7) is 5.90. The summed E-state index contributed by atoms with van der Waals surface area (Å²) in [5.41, 5.74) is 1.00. The minimum atomic E-state index is -3.37. The zero-order valence-corrected chi connectivity index (χ0v) is 13.0. The van der Waals surface area contributed by atoms with Gasteiger partial charge < -0.3 is 5.32 Å². The van der Waals surface area contributed by atoms with Crippen LogP contribution in [-0.2, 0) is 16.6 Å². The summed E-state index contributed by atoms with van der Waals surface area (Å²) in [6, 6.07) is 7.28. The van der Waals surface area contributed by atoms with E-state index >= 15 is 0 Å². The molecule has 2 rings (SSSR count). The van der Waals surface area contributed by atoms with Crippen molar-refractivity contribution in [3.05, 3.63) is 29.8 Å². The van der Waals surface area contributed by atoms with Crippen molar-refractivity contribution in [1.82, 2.24) is 10.0 Å². The van der Waals surface area contributed by atoms with Gasteiger partial charge in [0.2, 0.25) is 10.0 Å². The molecular weight excluding hydrogens is 272 g/mol. The highest BCUT2D eigenvalue weighted by atomic mass is 32.2. The third-order valence-corrected chi connectivity index (χ3v) is 5.18. The summed E-state index contributed by atoms with van der Waals surface area (Å²) in [5.74, 6) is 0.632. The molecule has 0 spiro atoms. The van der Waals surface area contributed by atoms with Crippen molar-refractivity contribution in [1.29, 1.82) is 0 Å². The molecule has 1 aliphatic rings. The Bertz CT molecular complexity index is 537. The molecular formula is C15H24N2O2S. The fourth-order valence-electron chi connectivity index (χ4n) is 2.52. The van der Waals surface area contributed by atoms with Crippen LogP contribution < -0.4 is 10.0 Å². The van der Waals surface area contributed by atoms with E-state index in [0.29, 0.717) is 17.4 Å². The average molecular weight is 296 g/mol. The van der Waals surface area contributed by atoms with Gasteiger partial charge in [-0.25, -0.2) is 13.1 Å². The van der Waals surface area contributed by atoms with Crippen LogP contribution in [-0.4, -0.2) is 21.0 Å². The summed E-state index contributed by atoms with van der Waals surface area (Å²) in [5, 5.41) is 3.28. The molecule has 1 saturated carbocycles. The third kappa shape index (κ3) is 4.04. The number of sulfonamides is 1. The lowest BCUT2D eigenvalue weighted by Gasteiger charge is -2.32. The van der Waals surface area contributed by atoms with Gasteiger partial charge in [-0.15, -0.1) is 0 Å². The standard InChI is InChI=1S/C15H24N2O2S/c1-3-7-16-11-13-5-4-6-15(10-13)20(18,19)17-14-8-12(2)9-14/h4-6,10,12,14,16-17H,3,7-9,11H2,1-2H3. The zero-order chi connectivity index (χ0) is 14.6. The fourth-order valence-corrected chi connectivity index (χ4v) is 3.85. The van der Waals surface area contributed by atoms with Crippen LogP contribution in [0.25, 0.3) is 0 Å². The van der Waals surface area contributed by atoms with Gasteiger partial charge in [0.15, 0.2) is 0 Å². The Hall–Kier alpha value is -0.910. The molecule has 1 aromatic rings. The van der Waals surface area contributed by atoms with Gasteiger partial charge in [0.05, 0.1) is 4.90 Å². The third-order valence-electron chi connectivity index (χ3n) is 3.66. The first-order chi connectivity index (χ1) is 9.51. The number of benzene rings is 1. The Morgan fingerprint density at radius 2 is 2.05 bits per heavy atom. The summed E-state index contributed by atoms with van der Waals surface area (Å²) < 4.78 is 27.4.